The molecule has 0 spiro atoms. The van der Waals surface area contributed by atoms with Gasteiger partial charge in [-0.1, -0.05) is 11.8 Å². The van der Waals surface area contributed by atoms with Crippen molar-refractivity contribution in [3.63, 3.8) is 0 Å². The molecule has 2 aromatic rings. The fourth-order valence-electron chi connectivity index (χ4n) is 1.79. The molecule has 0 aliphatic heterocycles. The van der Waals surface area contributed by atoms with Gasteiger partial charge in [-0.3, -0.25) is 9.59 Å². The SMILES string of the molecule is Cc1nnc(SCC(=O)Nc2ccc(C(=O)N(C)C)cc2)n1C. The van der Waals surface area contributed by atoms with E-state index in [1.54, 1.807) is 38.4 Å². The highest BCUT2D eigenvalue weighted by molar-refractivity contribution is 7.99. The maximum Gasteiger partial charge on any atom is 0.253 e. The summed E-state index contributed by atoms with van der Waals surface area (Å²) in [4.78, 5) is 25.3. The standard InChI is InChI=1S/C15H19N5O2S/c1-10-17-18-15(20(10)4)23-9-13(21)16-12-7-5-11(6-8-12)14(22)19(2)3/h5-8H,9H2,1-4H3,(H,16,21). The van der Waals surface area contributed by atoms with Gasteiger partial charge in [-0.25, -0.2) is 0 Å². The van der Waals surface area contributed by atoms with E-state index in [-0.39, 0.29) is 17.6 Å². The largest absolute Gasteiger partial charge is 0.345 e. The van der Waals surface area contributed by atoms with Crippen LogP contribution < -0.4 is 5.32 Å². The number of benzene rings is 1. The van der Waals surface area contributed by atoms with Gasteiger partial charge < -0.3 is 14.8 Å². The van der Waals surface area contributed by atoms with Crippen LogP contribution in [0.25, 0.3) is 0 Å². The Kier molecular flexibility index (Phi) is 5.38. The smallest absolute Gasteiger partial charge is 0.253 e. The third-order valence-corrected chi connectivity index (χ3v) is 4.23. The Labute approximate surface area is 139 Å². The minimum atomic E-state index is -0.137. The van der Waals surface area contributed by atoms with E-state index in [9.17, 15) is 9.59 Å². The summed E-state index contributed by atoms with van der Waals surface area (Å²) in [6.45, 7) is 1.85. The lowest BCUT2D eigenvalue weighted by Gasteiger charge is -2.11. The van der Waals surface area contributed by atoms with Crippen LogP contribution in [-0.2, 0) is 11.8 Å². The maximum absolute atomic E-state index is 12.0. The molecule has 0 aliphatic carbocycles. The fourth-order valence-corrected chi connectivity index (χ4v) is 2.55. The molecule has 1 heterocycles. The Bertz CT molecular complexity index is 709. The Morgan fingerprint density at radius 3 is 2.39 bits per heavy atom. The summed E-state index contributed by atoms with van der Waals surface area (Å²) < 4.78 is 1.83. The highest BCUT2D eigenvalue weighted by atomic mass is 32.2. The summed E-state index contributed by atoms with van der Waals surface area (Å²) in [7, 11) is 5.25. The van der Waals surface area contributed by atoms with E-state index in [1.165, 1.54) is 16.7 Å². The first-order chi connectivity index (χ1) is 10.9. The van der Waals surface area contributed by atoms with Crippen molar-refractivity contribution >= 4 is 29.3 Å². The molecule has 0 fully saturated rings. The van der Waals surface area contributed by atoms with Gasteiger partial charge in [0.25, 0.3) is 5.91 Å². The van der Waals surface area contributed by atoms with Crippen LogP contribution in [0.15, 0.2) is 29.4 Å². The average Bonchev–Trinajstić information content (AvgIpc) is 2.84. The molecule has 0 saturated carbocycles. The molecule has 1 aromatic carbocycles. The van der Waals surface area contributed by atoms with Gasteiger partial charge in [-0.15, -0.1) is 10.2 Å². The summed E-state index contributed by atoms with van der Waals surface area (Å²) in [6, 6.07) is 6.81. The van der Waals surface area contributed by atoms with Crippen LogP contribution in [0.5, 0.6) is 0 Å². The molecule has 8 heteroatoms. The second-order valence-electron chi connectivity index (χ2n) is 5.20. The Balaban J connectivity index is 1.90. The number of anilines is 1. The van der Waals surface area contributed by atoms with Crippen LogP contribution in [0.2, 0.25) is 0 Å². The topological polar surface area (TPSA) is 80.1 Å². The van der Waals surface area contributed by atoms with Crippen molar-refractivity contribution < 1.29 is 9.59 Å². The van der Waals surface area contributed by atoms with Gasteiger partial charge in [0.05, 0.1) is 5.75 Å². The van der Waals surface area contributed by atoms with Gasteiger partial charge in [0, 0.05) is 32.4 Å². The molecule has 0 aliphatic rings. The first-order valence-electron chi connectivity index (χ1n) is 6.99. The molecule has 2 amide bonds. The predicted molar refractivity (Wildman–Crippen MR) is 89.6 cm³/mol. The van der Waals surface area contributed by atoms with E-state index in [2.05, 4.69) is 15.5 Å². The van der Waals surface area contributed by atoms with Crippen LogP contribution in [0.4, 0.5) is 5.69 Å². The number of amides is 2. The summed E-state index contributed by atoms with van der Waals surface area (Å²) in [5.74, 6) is 0.831. The molecule has 0 radical (unpaired) electrons. The number of carbonyl (C=O) groups is 2. The van der Waals surface area contributed by atoms with Gasteiger partial charge in [-0.2, -0.15) is 0 Å². The highest BCUT2D eigenvalue weighted by Crippen LogP contribution is 2.16. The number of rotatable bonds is 5. The molecular weight excluding hydrogens is 314 g/mol. The van der Waals surface area contributed by atoms with Crippen molar-refractivity contribution in [2.24, 2.45) is 7.05 Å². The summed E-state index contributed by atoms with van der Waals surface area (Å²) in [6.07, 6.45) is 0. The lowest BCUT2D eigenvalue weighted by molar-refractivity contribution is -0.113. The Hall–Kier alpha value is -2.35. The van der Waals surface area contributed by atoms with Gasteiger partial charge in [0.2, 0.25) is 5.91 Å². The van der Waals surface area contributed by atoms with Crippen LogP contribution >= 0.6 is 11.8 Å². The van der Waals surface area contributed by atoms with Crippen LogP contribution in [0.3, 0.4) is 0 Å². The number of aryl methyl sites for hydroxylation is 1. The maximum atomic E-state index is 12.0. The normalized spacial score (nSPS) is 10.4. The summed E-state index contributed by atoms with van der Waals surface area (Å²) >= 11 is 1.32. The lowest BCUT2D eigenvalue weighted by atomic mass is 10.2. The third-order valence-electron chi connectivity index (χ3n) is 3.21. The van der Waals surface area contributed by atoms with Crippen molar-refractivity contribution in [2.75, 3.05) is 25.2 Å². The molecule has 0 atom stereocenters. The molecular formula is C15H19N5O2S. The Morgan fingerprint density at radius 1 is 1.22 bits per heavy atom. The summed E-state index contributed by atoms with van der Waals surface area (Å²) in [5.41, 5.74) is 1.23. The zero-order chi connectivity index (χ0) is 17.0. The predicted octanol–water partition coefficient (Wildman–Crippen LogP) is 1.56. The molecule has 0 bridgehead atoms. The van der Waals surface area contributed by atoms with E-state index in [1.807, 2.05) is 18.5 Å². The van der Waals surface area contributed by atoms with Crippen molar-refractivity contribution in [1.82, 2.24) is 19.7 Å². The monoisotopic (exact) mass is 333 g/mol. The van der Waals surface area contributed by atoms with Crippen LogP contribution in [0, 0.1) is 6.92 Å². The molecule has 1 N–H and O–H groups in total. The van der Waals surface area contributed by atoms with Gasteiger partial charge in [0.1, 0.15) is 5.82 Å². The zero-order valence-electron chi connectivity index (χ0n) is 13.5. The first kappa shape index (κ1) is 17.0. The molecule has 23 heavy (non-hydrogen) atoms. The second-order valence-corrected chi connectivity index (χ2v) is 6.15. The molecule has 0 unspecified atom stereocenters. The van der Waals surface area contributed by atoms with E-state index in [0.717, 1.165) is 5.82 Å². The van der Waals surface area contributed by atoms with Gasteiger partial charge >= 0.3 is 0 Å². The number of hydrogen-bond donors (Lipinski definition) is 1. The minimum Gasteiger partial charge on any atom is -0.345 e. The van der Waals surface area contributed by atoms with Crippen molar-refractivity contribution in [1.29, 1.82) is 0 Å². The molecule has 2 rings (SSSR count). The zero-order valence-corrected chi connectivity index (χ0v) is 14.3. The molecule has 7 nitrogen and oxygen atoms in total. The number of nitrogens with zero attached hydrogens (tertiary/aromatic N) is 4. The lowest BCUT2D eigenvalue weighted by Crippen LogP contribution is -2.21. The minimum absolute atomic E-state index is 0.0731. The van der Waals surface area contributed by atoms with E-state index in [4.69, 9.17) is 0 Å². The van der Waals surface area contributed by atoms with E-state index < -0.39 is 0 Å². The quantitative estimate of drug-likeness (QED) is 0.840. The number of aromatic nitrogens is 3. The van der Waals surface area contributed by atoms with Crippen molar-refractivity contribution in [2.45, 2.75) is 12.1 Å². The van der Waals surface area contributed by atoms with Crippen molar-refractivity contribution in [3.8, 4) is 0 Å². The number of hydrogen-bond acceptors (Lipinski definition) is 5. The molecule has 1 aromatic heterocycles. The van der Waals surface area contributed by atoms with Gasteiger partial charge in [-0.05, 0) is 31.2 Å². The summed E-state index contributed by atoms with van der Waals surface area (Å²) in [5, 5.41) is 11.4. The number of carbonyl (C=O) groups excluding carboxylic acids is 2. The van der Waals surface area contributed by atoms with Crippen molar-refractivity contribution in [3.05, 3.63) is 35.7 Å². The Morgan fingerprint density at radius 2 is 1.87 bits per heavy atom. The third kappa shape index (κ3) is 4.32. The second kappa shape index (κ2) is 7.28. The number of thioether (sulfide) groups is 1. The van der Waals surface area contributed by atoms with Crippen LogP contribution in [-0.4, -0.2) is 51.3 Å². The van der Waals surface area contributed by atoms with Crippen LogP contribution in [0.1, 0.15) is 16.2 Å². The molecule has 0 saturated heterocycles. The number of nitrogens with one attached hydrogen (secondary N) is 1. The fraction of sp³-hybridized carbons (Fsp3) is 0.333. The highest BCUT2D eigenvalue weighted by Gasteiger charge is 2.10. The molecule has 122 valence electrons. The average molecular weight is 333 g/mol. The first-order valence-corrected chi connectivity index (χ1v) is 7.97. The van der Waals surface area contributed by atoms with Gasteiger partial charge in [0.15, 0.2) is 5.16 Å². The van der Waals surface area contributed by atoms with E-state index in [0.29, 0.717) is 16.4 Å². The van der Waals surface area contributed by atoms with E-state index >= 15 is 0 Å².